The SMILES string of the molecule is CC(C)CC1C(=O)N(Cc2ccc3c(N)ncnc3c2)CCN1C(=O)O. The van der Waals surface area contributed by atoms with Crippen LogP contribution in [0.2, 0.25) is 0 Å². The molecule has 1 saturated heterocycles. The van der Waals surface area contributed by atoms with Crippen molar-refractivity contribution >= 4 is 28.7 Å². The summed E-state index contributed by atoms with van der Waals surface area (Å²) < 4.78 is 0. The zero-order valence-electron chi connectivity index (χ0n) is 14.9. The number of carbonyl (C=O) groups excluding carboxylic acids is 1. The Morgan fingerprint density at radius 2 is 2.12 bits per heavy atom. The van der Waals surface area contributed by atoms with Crippen molar-refractivity contribution in [2.45, 2.75) is 32.9 Å². The maximum absolute atomic E-state index is 12.9. The molecule has 0 aliphatic carbocycles. The van der Waals surface area contributed by atoms with Gasteiger partial charge in [-0.15, -0.1) is 0 Å². The second-order valence-electron chi connectivity index (χ2n) is 6.99. The van der Waals surface area contributed by atoms with Gasteiger partial charge >= 0.3 is 6.09 Å². The number of nitrogens with two attached hydrogens (primary N) is 1. The third kappa shape index (κ3) is 3.54. The van der Waals surface area contributed by atoms with Crippen molar-refractivity contribution in [2.24, 2.45) is 5.92 Å². The molecular formula is C18H23N5O3. The minimum Gasteiger partial charge on any atom is -0.465 e. The van der Waals surface area contributed by atoms with Gasteiger partial charge in [0.05, 0.1) is 5.52 Å². The maximum atomic E-state index is 12.9. The third-order valence-electron chi connectivity index (χ3n) is 4.63. The molecule has 1 aliphatic rings. The first-order valence-electron chi connectivity index (χ1n) is 8.64. The van der Waals surface area contributed by atoms with Crippen LogP contribution < -0.4 is 5.73 Å². The summed E-state index contributed by atoms with van der Waals surface area (Å²) in [5.41, 5.74) is 7.50. The monoisotopic (exact) mass is 357 g/mol. The molecule has 1 aromatic carbocycles. The molecule has 8 nitrogen and oxygen atoms in total. The predicted octanol–water partition coefficient (Wildman–Crippen LogP) is 1.95. The molecular weight excluding hydrogens is 334 g/mol. The van der Waals surface area contributed by atoms with E-state index >= 15 is 0 Å². The Balaban J connectivity index is 1.81. The fourth-order valence-electron chi connectivity index (χ4n) is 3.34. The van der Waals surface area contributed by atoms with Crippen LogP contribution >= 0.6 is 0 Å². The molecule has 2 aromatic rings. The van der Waals surface area contributed by atoms with Gasteiger partial charge in [-0.3, -0.25) is 9.69 Å². The van der Waals surface area contributed by atoms with Crippen molar-refractivity contribution in [3.05, 3.63) is 30.1 Å². The Morgan fingerprint density at radius 3 is 2.81 bits per heavy atom. The van der Waals surface area contributed by atoms with Crippen molar-refractivity contribution in [1.29, 1.82) is 0 Å². The van der Waals surface area contributed by atoms with Gasteiger partial charge < -0.3 is 15.7 Å². The molecule has 3 N–H and O–H groups in total. The first-order chi connectivity index (χ1) is 12.4. The highest BCUT2D eigenvalue weighted by Gasteiger charge is 2.37. The highest BCUT2D eigenvalue weighted by atomic mass is 16.4. The average molecular weight is 357 g/mol. The van der Waals surface area contributed by atoms with Crippen LogP contribution in [0.25, 0.3) is 10.9 Å². The number of carboxylic acid groups (broad SMARTS) is 1. The summed E-state index contributed by atoms with van der Waals surface area (Å²) in [6.45, 7) is 5.09. The number of piperazine rings is 1. The van der Waals surface area contributed by atoms with Crippen LogP contribution in [0.1, 0.15) is 25.8 Å². The number of amides is 2. The number of rotatable bonds is 4. The molecule has 0 spiro atoms. The van der Waals surface area contributed by atoms with Crippen LogP contribution in [0.5, 0.6) is 0 Å². The van der Waals surface area contributed by atoms with Gasteiger partial charge in [-0.25, -0.2) is 14.8 Å². The van der Waals surface area contributed by atoms with Gasteiger partial charge in [0.15, 0.2) is 0 Å². The Kier molecular flexibility index (Phi) is 4.92. The van der Waals surface area contributed by atoms with Crippen molar-refractivity contribution in [1.82, 2.24) is 19.8 Å². The summed E-state index contributed by atoms with van der Waals surface area (Å²) in [7, 11) is 0. The number of hydrogen-bond donors (Lipinski definition) is 2. The predicted molar refractivity (Wildman–Crippen MR) is 97.3 cm³/mol. The first-order valence-corrected chi connectivity index (χ1v) is 8.64. The first kappa shape index (κ1) is 17.9. The molecule has 1 unspecified atom stereocenters. The second kappa shape index (κ2) is 7.15. The van der Waals surface area contributed by atoms with Crippen LogP contribution in [-0.4, -0.2) is 56.0 Å². The van der Waals surface area contributed by atoms with E-state index < -0.39 is 12.1 Å². The highest BCUT2D eigenvalue weighted by Crippen LogP contribution is 2.23. The van der Waals surface area contributed by atoms with E-state index in [-0.39, 0.29) is 11.8 Å². The molecule has 0 saturated carbocycles. The molecule has 0 radical (unpaired) electrons. The third-order valence-corrected chi connectivity index (χ3v) is 4.63. The fraction of sp³-hybridized carbons (Fsp3) is 0.444. The van der Waals surface area contributed by atoms with E-state index in [1.807, 2.05) is 32.0 Å². The summed E-state index contributed by atoms with van der Waals surface area (Å²) in [5, 5.41) is 10.2. The Hall–Kier alpha value is -2.90. The molecule has 26 heavy (non-hydrogen) atoms. The molecule has 3 rings (SSSR count). The standard InChI is InChI=1S/C18H23N5O3/c1-11(2)7-15-17(24)22(5-6-23(15)18(25)26)9-12-3-4-13-14(8-12)20-10-21-16(13)19/h3-4,8,10-11,15H,5-7,9H2,1-2H3,(H,25,26)(H2,19,20,21). The molecule has 0 bridgehead atoms. The molecule has 1 aliphatic heterocycles. The molecule has 1 aromatic heterocycles. The van der Waals surface area contributed by atoms with Gasteiger partial charge in [0, 0.05) is 25.0 Å². The molecule has 2 heterocycles. The molecule has 2 amide bonds. The largest absolute Gasteiger partial charge is 0.465 e. The van der Waals surface area contributed by atoms with Gasteiger partial charge in [0.2, 0.25) is 5.91 Å². The Bertz CT molecular complexity index is 839. The quantitative estimate of drug-likeness (QED) is 0.865. The highest BCUT2D eigenvalue weighted by molar-refractivity contribution is 5.89. The van der Waals surface area contributed by atoms with E-state index in [1.165, 1.54) is 11.2 Å². The lowest BCUT2D eigenvalue weighted by atomic mass is 9.99. The number of carbonyl (C=O) groups is 2. The summed E-state index contributed by atoms with van der Waals surface area (Å²) in [5.74, 6) is 0.505. The lowest BCUT2D eigenvalue weighted by Gasteiger charge is -2.40. The van der Waals surface area contributed by atoms with Crippen LogP contribution in [0.4, 0.5) is 10.6 Å². The lowest BCUT2D eigenvalue weighted by Crippen LogP contribution is -2.58. The molecule has 1 atom stereocenters. The van der Waals surface area contributed by atoms with E-state index in [9.17, 15) is 14.7 Å². The smallest absolute Gasteiger partial charge is 0.408 e. The van der Waals surface area contributed by atoms with Crippen molar-refractivity contribution < 1.29 is 14.7 Å². The normalized spacial score (nSPS) is 18.0. The van der Waals surface area contributed by atoms with Crippen LogP contribution in [0, 0.1) is 5.92 Å². The van der Waals surface area contributed by atoms with E-state index in [2.05, 4.69) is 9.97 Å². The number of aromatic nitrogens is 2. The van der Waals surface area contributed by atoms with Gasteiger partial charge in [-0.2, -0.15) is 0 Å². The van der Waals surface area contributed by atoms with E-state index in [4.69, 9.17) is 5.73 Å². The Labute approximate surface area is 151 Å². The summed E-state index contributed by atoms with van der Waals surface area (Å²) in [4.78, 5) is 35.5. The summed E-state index contributed by atoms with van der Waals surface area (Å²) in [6.07, 6.45) is 0.890. The molecule has 8 heteroatoms. The second-order valence-corrected chi connectivity index (χ2v) is 6.99. The number of fused-ring (bicyclic) bond motifs is 1. The number of anilines is 1. The molecule has 1 fully saturated rings. The number of nitrogens with zero attached hydrogens (tertiary/aromatic N) is 4. The van der Waals surface area contributed by atoms with Gasteiger partial charge in [0.25, 0.3) is 0 Å². The van der Waals surface area contributed by atoms with Crippen molar-refractivity contribution in [3.63, 3.8) is 0 Å². The summed E-state index contributed by atoms with van der Waals surface area (Å²) >= 11 is 0. The molecule has 138 valence electrons. The average Bonchev–Trinajstić information content (AvgIpc) is 2.58. The topological polar surface area (TPSA) is 113 Å². The van der Waals surface area contributed by atoms with Gasteiger partial charge in [0.1, 0.15) is 18.2 Å². The van der Waals surface area contributed by atoms with Crippen LogP contribution in [-0.2, 0) is 11.3 Å². The van der Waals surface area contributed by atoms with Gasteiger partial charge in [-0.1, -0.05) is 19.9 Å². The fourth-order valence-corrected chi connectivity index (χ4v) is 3.34. The van der Waals surface area contributed by atoms with Crippen LogP contribution in [0.15, 0.2) is 24.5 Å². The van der Waals surface area contributed by atoms with Crippen molar-refractivity contribution in [3.8, 4) is 0 Å². The summed E-state index contributed by atoms with van der Waals surface area (Å²) in [6, 6.07) is 5.02. The minimum atomic E-state index is -1.04. The Morgan fingerprint density at radius 1 is 1.35 bits per heavy atom. The van der Waals surface area contributed by atoms with E-state index in [0.717, 1.165) is 16.5 Å². The van der Waals surface area contributed by atoms with Gasteiger partial charge in [-0.05, 0) is 30.0 Å². The number of hydrogen-bond acceptors (Lipinski definition) is 5. The van der Waals surface area contributed by atoms with Crippen molar-refractivity contribution in [2.75, 3.05) is 18.8 Å². The number of nitrogen functional groups attached to an aromatic ring is 1. The van der Waals surface area contributed by atoms with E-state index in [0.29, 0.717) is 31.9 Å². The van der Waals surface area contributed by atoms with Crippen LogP contribution in [0.3, 0.4) is 0 Å². The van der Waals surface area contributed by atoms with E-state index in [1.54, 1.807) is 4.90 Å². The lowest BCUT2D eigenvalue weighted by molar-refractivity contribution is -0.142. The minimum absolute atomic E-state index is 0.144. The maximum Gasteiger partial charge on any atom is 0.408 e. The zero-order valence-corrected chi connectivity index (χ0v) is 14.9. The zero-order chi connectivity index (χ0) is 18.8. The number of benzene rings is 1.